The van der Waals surface area contributed by atoms with E-state index in [2.05, 4.69) is 0 Å². The average molecular weight is 377 g/mol. The van der Waals surface area contributed by atoms with Gasteiger partial charge in [0.2, 0.25) is 11.8 Å². The monoisotopic (exact) mass is 376 g/mol. The molecule has 0 bridgehead atoms. The van der Waals surface area contributed by atoms with Crippen LogP contribution in [0.2, 0.25) is 0 Å². The third-order valence-corrected chi connectivity index (χ3v) is 7.42. The zero-order valence-corrected chi connectivity index (χ0v) is 16.0. The molecule has 2 saturated heterocycles. The molecule has 2 atom stereocenters. The van der Waals surface area contributed by atoms with E-state index in [1.54, 1.807) is 11.3 Å². The Morgan fingerprint density at radius 2 is 1.85 bits per heavy atom. The van der Waals surface area contributed by atoms with Crippen molar-refractivity contribution >= 4 is 23.2 Å². The van der Waals surface area contributed by atoms with E-state index in [9.17, 15) is 14.7 Å². The number of likely N-dealkylation sites (tertiary alicyclic amines) is 2. The standard InChI is InChI=1S/C20H28N2O3S/c23-18(12-17-6-3-11-26-17)21-9-7-20(25)8-10-22(14-16(20)13-21)19(24)15-4-1-2-5-15/h3,6,11,15-16,25H,1-2,4-5,7-10,12-14H2/t16-,20-/m0/s1. The molecule has 4 rings (SSSR count). The van der Waals surface area contributed by atoms with E-state index >= 15 is 0 Å². The molecule has 1 aromatic heterocycles. The minimum Gasteiger partial charge on any atom is -0.389 e. The Bertz CT molecular complexity index is 656. The SMILES string of the molecule is O=C(Cc1cccs1)N1CC[C@]2(O)CCN(C(=O)C3CCCC3)C[C@@H]2C1. The van der Waals surface area contributed by atoms with Crippen LogP contribution in [0, 0.1) is 11.8 Å². The van der Waals surface area contributed by atoms with Crippen molar-refractivity contribution < 1.29 is 14.7 Å². The zero-order valence-electron chi connectivity index (χ0n) is 15.2. The second kappa shape index (κ2) is 7.31. The number of rotatable bonds is 3. The van der Waals surface area contributed by atoms with Crippen LogP contribution in [0.3, 0.4) is 0 Å². The molecule has 0 aromatic carbocycles. The quantitative estimate of drug-likeness (QED) is 0.880. The van der Waals surface area contributed by atoms with Crippen molar-refractivity contribution in [3.63, 3.8) is 0 Å². The van der Waals surface area contributed by atoms with Crippen molar-refractivity contribution in [2.24, 2.45) is 11.8 Å². The van der Waals surface area contributed by atoms with Gasteiger partial charge in [0, 0.05) is 42.9 Å². The van der Waals surface area contributed by atoms with Gasteiger partial charge in [-0.2, -0.15) is 0 Å². The van der Waals surface area contributed by atoms with Gasteiger partial charge in [0.1, 0.15) is 0 Å². The Morgan fingerprint density at radius 1 is 1.15 bits per heavy atom. The highest BCUT2D eigenvalue weighted by atomic mass is 32.1. The summed E-state index contributed by atoms with van der Waals surface area (Å²) < 4.78 is 0. The summed E-state index contributed by atoms with van der Waals surface area (Å²) in [5, 5.41) is 13.0. The highest BCUT2D eigenvalue weighted by Crippen LogP contribution is 2.37. The van der Waals surface area contributed by atoms with E-state index in [1.165, 1.54) is 0 Å². The molecule has 0 spiro atoms. The highest BCUT2D eigenvalue weighted by Gasteiger charge is 2.47. The maximum Gasteiger partial charge on any atom is 0.227 e. The molecule has 3 aliphatic rings. The summed E-state index contributed by atoms with van der Waals surface area (Å²) in [5.41, 5.74) is -0.716. The lowest BCUT2D eigenvalue weighted by molar-refractivity contribution is -0.155. The second-order valence-corrected chi connectivity index (χ2v) is 9.19. The molecule has 1 aromatic rings. The number of hydrogen-bond acceptors (Lipinski definition) is 4. The van der Waals surface area contributed by atoms with Crippen molar-refractivity contribution in [1.82, 2.24) is 9.80 Å². The molecule has 3 heterocycles. The van der Waals surface area contributed by atoms with E-state index in [-0.39, 0.29) is 23.7 Å². The summed E-state index contributed by atoms with van der Waals surface area (Å²) in [6.45, 7) is 2.43. The largest absolute Gasteiger partial charge is 0.389 e. The maximum atomic E-state index is 12.8. The summed E-state index contributed by atoms with van der Waals surface area (Å²) in [5.74, 6) is 0.560. The number of piperidine rings is 2. The van der Waals surface area contributed by atoms with Crippen molar-refractivity contribution in [2.75, 3.05) is 26.2 Å². The first-order chi connectivity index (χ1) is 12.5. The third-order valence-electron chi connectivity index (χ3n) is 6.55. The Morgan fingerprint density at radius 3 is 2.54 bits per heavy atom. The predicted molar refractivity (Wildman–Crippen MR) is 101 cm³/mol. The number of carbonyl (C=O) groups is 2. The number of amides is 2. The van der Waals surface area contributed by atoms with Crippen LogP contribution in [0.1, 0.15) is 43.4 Å². The van der Waals surface area contributed by atoms with E-state index in [4.69, 9.17) is 0 Å². The lowest BCUT2D eigenvalue weighted by Crippen LogP contribution is -2.61. The second-order valence-electron chi connectivity index (χ2n) is 8.16. The van der Waals surface area contributed by atoms with Crippen molar-refractivity contribution in [1.29, 1.82) is 0 Å². The normalized spacial score (nSPS) is 29.7. The van der Waals surface area contributed by atoms with Crippen LogP contribution in [0.4, 0.5) is 0 Å². The third kappa shape index (κ3) is 3.54. The number of thiophene rings is 1. The fraction of sp³-hybridized carbons (Fsp3) is 0.700. The van der Waals surface area contributed by atoms with Gasteiger partial charge >= 0.3 is 0 Å². The van der Waals surface area contributed by atoms with Gasteiger partial charge in [-0.3, -0.25) is 9.59 Å². The molecule has 1 N–H and O–H groups in total. The summed E-state index contributed by atoms with van der Waals surface area (Å²) in [6, 6.07) is 3.96. The van der Waals surface area contributed by atoms with Crippen LogP contribution in [0.25, 0.3) is 0 Å². The molecule has 142 valence electrons. The smallest absolute Gasteiger partial charge is 0.227 e. The van der Waals surface area contributed by atoms with Crippen LogP contribution in [-0.4, -0.2) is 58.5 Å². The van der Waals surface area contributed by atoms with Gasteiger partial charge in [-0.25, -0.2) is 0 Å². The maximum absolute atomic E-state index is 12.8. The lowest BCUT2D eigenvalue weighted by atomic mass is 9.75. The van der Waals surface area contributed by atoms with Crippen LogP contribution < -0.4 is 0 Å². The number of hydrogen-bond donors (Lipinski definition) is 1. The number of carbonyl (C=O) groups excluding carboxylic acids is 2. The van der Waals surface area contributed by atoms with Gasteiger partial charge in [-0.05, 0) is 37.1 Å². The van der Waals surface area contributed by atoms with Gasteiger partial charge in [0.25, 0.3) is 0 Å². The van der Waals surface area contributed by atoms with Crippen LogP contribution in [-0.2, 0) is 16.0 Å². The molecule has 6 heteroatoms. The molecular formula is C20H28N2O3S. The van der Waals surface area contributed by atoms with Gasteiger partial charge < -0.3 is 14.9 Å². The first-order valence-electron chi connectivity index (χ1n) is 9.86. The van der Waals surface area contributed by atoms with Crippen LogP contribution in [0.15, 0.2) is 17.5 Å². The molecule has 2 aliphatic heterocycles. The van der Waals surface area contributed by atoms with Gasteiger partial charge in [-0.1, -0.05) is 18.9 Å². The van der Waals surface area contributed by atoms with Gasteiger partial charge in [-0.15, -0.1) is 11.3 Å². The zero-order chi connectivity index (χ0) is 18.1. The summed E-state index contributed by atoms with van der Waals surface area (Å²) in [7, 11) is 0. The Kier molecular flexibility index (Phi) is 5.06. The van der Waals surface area contributed by atoms with Crippen LogP contribution in [0.5, 0.6) is 0 Å². The van der Waals surface area contributed by atoms with E-state index in [0.717, 1.165) is 30.6 Å². The van der Waals surface area contributed by atoms with Gasteiger partial charge in [0.15, 0.2) is 0 Å². The number of nitrogens with zero attached hydrogens (tertiary/aromatic N) is 2. The van der Waals surface area contributed by atoms with E-state index in [1.807, 2.05) is 27.3 Å². The molecule has 0 unspecified atom stereocenters. The Balaban J connectivity index is 1.39. The lowest BCUT2D eigenvalue weighted by Gasteiger charge is -2.50. The molecular weight excluding hydrogens is 348 g/mol. The van der Waals surface area contributed by atoms with E-state index in [0.29, 0.717) is 45.4 Å². The molecule has 3 fully saturated rings. The summed E-state index contributed by atoms with van der Waals surface area (Å²) >= 11 is 1.61. The molecule has 26 heavy (non-hydrogen) atoms. The first kappa shape index (κ1) is 18.0. The fourth-order valence-corrected chi connectivity index (χ4v) is 5.53. The number of fused-ring (bicyclic) bond motifs is 1. The molecule has 0 radical (unpaired) electrons. The summed E-state index contributed by atoms with van der Waals surface area (Å²) in [6.07, 6.45) is 6.03. The molecule has 5 nitrogen and oxygen atoms in total. The van der Waals surface area contributed by atoms with Gasteiger partial charge in [0.05, 0.1) is 12.0 Å². The summed E-state index contributed by atoms with van der Waals surface area (Å²) in [4.78, 5) is 30.3. The van der Waals surface area contributed by atoms with Crippen molar-refractivity contribution in [2.45, 2.75) is 50.5 Å². The first-order valence-corrected chi connectivity index (χ1v) is 10.7. The topological polar surface area (TPSA) is 60.9 Å². The minimum absolute atomic E-state index is 0.0253. The van der Waals surface area contributed by atoms with Crippen LogP contribution >= 0.6 is 11.3 Å². The van der Waals surface area contributed by atoms with Crippen molar-refractivity contribution in [3.05, 3.63) is 22.4 Å². The highest BCUT2D eigenvalue weighted by molar-refractivity contribution is 7.10. The minimum atomic E-state index is -0.716. The fourth-order valence-electron chi connectivity index (χ4n) is 4.83. The van der Waals surface area contributed by atoms with Crippen molar-refractivity contribution in [3.8, 4) is 0 Å². The van der Waals surface area contributed by atoms with E-state index < -0.39 is 5.60 Å². The molecule has 1 aliphatic carbocycles. The Labute approximate surface area is 159 Å². The molecule has 1 saturated carbocycles. The molecule has 2 amide bonds. The average Bonchev–Trinajstić information content (AvgIpc) is 3.34. The number of aliphatic hydroxyl groups is 1. The Hall–Kier alpha value is -1.40. The predicted octanol–water partition coefficient (Wildman–Crippen LogP) is 2.29.